The van der Waals surface area contributed by atoms with Gasteiger partial charge in [0.2, 0.25) is 0 Å². The minimum atomic E-state index is 0.943. The normalized spacial score (nSPS) is 11.4. The Morgan fingerprint density at radius 3 is 1.87 bits per heavy atom. The molecule has 6 rings (SSSR count). The highest BCUT2D eigenvalue weighted by molar-refractivity contribution is 6.24. The lowest BCUT2D eigenvalue weighted by atomic mass is 10.00. The molecular weight excluding hydrogens is 376 g/mol. The number of imidazole rings is 1. The number of fused-ring (bicyclic) bond motifs is 6. The van der Waals surface area contributed by atoms with Crippen LogP contribution < -0.4 is 0 Å². The molecule has 0 bridgehead atoms. The van der Waals surface area contributed by atoms with Crippen molar-refractivity contribution in [1.82, 2.24) is 9.55 Å². The number of nitrogens with zero attached hydrogens (tertiary/aromatic N) is 2. The lowest BCUT2D eigenvalue weighted by Gasteiger charge is -2.12. The average molecular weight is 396 g/mol. The van der Waals surface area contributed by atoms with Gasteiger partial charge in [-0.15, -0.1) is 0 Å². The Hall–Kier alpha value is -4.17. The summed E-state index contributed by atoms with van der Waals surface area (Å²) in [5.74, 6) is 0.943. The monoisotopic (exact) mass is 396 g/mol. The highest BCUT2D eigenvalue weighted by atomic mass is 15.1. The van der Waals surface area contributed by atoms with Crippen LogP contribution in [0.15, 0.2) is 110 Å². The van der Waals surface area contributed by atoms with Crippen LogP contribution in [0.2, 0.25) is 0 Å². The first-order valence-corrected chi connectivity index (χ1v) is 10.5. The highest BCUT2D eigenvalue weighted by Gasteiger charge is 2.19. The van der Waals surface area contributed by atoms with Crippen LogP contribution in [-0.2, 0) is 0 Å². The molecule has 1 aromatic heterocycles. The topological polar surface area (TPSA) is 17.8 Å². The first-order valence-electron chi connectivity index (χ1n) is 10.5. The number of para-hydroxylation sites is 1. The van der Waals surface area contributed by atoms with Crippen molar-refractivity contribution < 1.29 is 0 Å². The van der Waals surface area contributed by atoms with E-state index in [4.69, 9.17) is 4.98 Å². The zero-order valence-corrected chi connectivity index (χ0v) is 17.0. The fourth-order valence-electron chi connectivity index (χ4n) is 4.50. The van der Waals surface area contributed by atoms with E-state index < -0.39 is 0 Å². The summed E-state index contributed by atoms with van der Waals surface area (Å²) in [4.78, 5) is 5.23. The first kappa shape index (κ1) is 17.7. The van der Waals surface area contributed by atoms with Crippen molar-refractivity contribution in [1.29, 1.82) is 0 Å². The Bertz CT molecular complexity index is 1570. The summed E-state index contributed by atoms with van der Waals surface area (Å²) >= 11 is 0. The van der Waals surface area contributed by atoms with E-state index in [9.17, 15) is 0 Å². The molecule has 0 spiro atoms. The van der Waals surface area contributed by atoms with Gasteiger partial charge in [0.05, 0.1) is 11.0 Å². The lowest BCUT2D eigenvalue weighted by Crippen LogP contribution is -1.98. The molecule has 2 nitrogen and oxygen atoms in total. The minimum absolute atomic E-state index is 0.943. The summed E-state index contributed by atoms with van der Waals surface area (Å²) in [6.45, 7) is 3.88. The molecule has 0 fully saturated rings. The van der Waals surface area contributed by atoms with Crippen LogP contribution in [0.1, 0.15) is 5.56 Å². The van der Waals surface area contributed by atoms with Gasteiger partial charge in [0.25, 0.3) is 0 Å². The smallest absolute Gasteiger partial charge is 0.145 e. The molecule has 0 atom stereocenters. The molecule has 0 radical (unpaired) electrons. The van der Waals surface area contributed by atoms with Crippen LogP contribution >= 0.6 is 0 Å². The molecule has 31 heavy (non-hydrogen) atoms. The van der Waals surface area contributed by atoms with E-state index in [1.165, 1.54) is 21.5 Å². The Morgan fingerprint density at radius 2 is 1.19 bits per heavy atom. The predicted molar refractivity (Wildman–Crippen MR) is 132 cm³/mol. The third-order valence-electron chi connectivity index (χ3n) is 5.95. The van der Waals surface area contributed by atoms with Crippen LogP contribution in [-0.4, -0.2) is 9.55 Å². The van der Waals surface area contributed by atoms with Crippen molar-refractivity contribution in [3.05, 3.63) is 115 Å². The zero-order chi connectivity index (χ0) is 20.8. The molecule has 2 heteroatoms. The molecule has 146 valence electrons. The van der Waals surface area contributed by atoms with E-state index in [0.29, 0.717) is 0 Å². The SMILES string of the molecule is C=Cc1ccc(-c2nc3c4ccccc4c4ccccc4c3n2-c2ccccc2)cc1. The van der Waals surface area contributed by atoms with Crippen LogP contribution in [0.4, 0.5) is 0 Å². The molecule has 0 aliphatic rings. The maximum Gasteiger partial charge on any atom is 0.145 e. The third-order valence-corrected chi connectivity index (χ3v) is 5.95. The van der Waals surface area contributed by atoms with Gasteiger partial charge in [-0.2, -0.15) is 0 Å². The van der Waals surface area contributed by atoms with Crippen molar-refractivity contribution in [2.45, 2.75) is 0 Å². The molecule has 0 saturated carbocycles. The van der Waals surface area contributed by atoms with Crippen LogP contribution in [0, 0.1) is 0 Å². The van der Waals surface area contributed by atoms with Crippen molar-refractivity contribution >= 4 is 38.7 Å². The molecule has 6 aromatic rings. The highest BCUT2D eigenvalue weighted by Crippen LogP contribution is 2.38. The quantitative estimate of drug-likeness (QED) is 0.281. The third kappa shape index (κ3) is 2.69. The van der Waals surface area contributed by atoms with Gasteiger partial charge < -0.3 is 0 Å². The second-order valence-corrected chi connectivity index (χ2v) is 7.72. The van der Waals surface area contributed by atoms with Gasteiger partial charge in [-0.25, -0.2) is 4.98 Å². The predicted octanol–water partition coefficient (Wildman–Crippen LogP) is 7.64. The molecule has 0 amide bonds. The van der Waals surface area contributed by atoms with Gasteiger partial charge in [0.1, 0.15) is 5.82 Å². The van der Waals surface area contributed by atoms with Crippen molar-refractivity contribution in [3.8, 4) is 17.1 Å². The number of aromatic nitrogens is 2. The summed E-state index contributed by atoms with van der Waals surface area (Å²) in [5, 5.41) is 4.87. The average Bonchev–Trinajstić information content (AvgIpc) is 3.26. The van der Waals surface area contributed by atoms with Gasteiger partial charge in [0.15, 0.2) is 0 Å². The number of hydrogen-bond donors (Lipinski definition) is 0. The zero-order valence-electron chi connectivity index (χ0n) is 17.0. The first-order chi connectivity index (χ1) is 15.3. The summed E-state index contributed by atoms with van der Waals surface area (Å²) in [6, 6.07) is 36.1. The van der Waals surface area contributed by atoms with Gasteiger partial charge in [0, 0.05) is 22.0 Å². The minimum Gasteiger partial charge on any atom is -0.292 e. The largest absolute Gasteiger partial charge is 0.292 e. The molecule has 0 saturated heterocycles. The molecule has 5 aromatic carbocycles. The molecule has 1 heterocycles. The molecule has 0 unspecified atom stereocenters. The van der Waals surface area contributed by atoms with Crippen molar-refractivity contribution in [2.75, 3.05) is 0 Å². The van der Waals surface area contributed by atoms with E-state index in [1.807, 2.05) is 6.08 Å². The Morgan fingerprint density at radius 1 is 0.613 bits per heavy atom. The molecule has 0 aliphatic heterocycles. The standard InChI is InChI=1S/C29H20N2/c1-2-20-16-18-21(19-17-20)29-30-27-25-14-8-6-12-23(25)24-13-7-9-15-26(24)28(27)31(29)22-10-4-3-5-11-22/h2-19H,1H2. The number of rotatable bonds is 3. The van der Waals surface area contributed by atoms with Gasteiger partial charge in [-0.05, 0) is 28.5 Å². The Kier molecular flexibility index (Phi) is 3.97. The fourth-order valence-corrected chi connectivity index (χ4v) is 4.50. The molecule has 0 N–H and O–H groups in total. The Balaban J connectivity index is 1.83. The Labute approximate surface area is 180 Å². The number of benzene rings is 5. The van der Waals surface area contributed by atoms with Gasteiger partial charge >= 0.3 is 0 Å². The van der Waals surface area contributed by atoms with Gasteiger partial charge in [-0.1, -0.05) is 104 Å². The van der Waals surface area contributed by atoms with Crippen LogP contribution in [0.25, 0.3) is 55.7 Å². The van der Waals surface area contributed by atoms with Crippen molar-refractivity contribution in [2.24, 2.45) is 0 Å². The maximum absolute atomic E-state index is 5.23. The van der Waals surface area contributed by atoms with Crippen LogP contribution in [0.5, 0.6) is 0 Å². The second-order valence-electron chi connectivity index (χ2n) is 7.72. The summed E-state index contributed by atoms with van der Waals surface area (Å²) in [7, 11) is 0. The summed E-state index contributed by atoms with van der Waals surface area (Å²) in [6.07, 6.45) is 1.87. The van der Waals surface area contributed by atoms with E-state index in [1.54, 1.807) is 0 Å². The fraction of sp³-hybridized carbons (Fsp3) is 0. The summed E-state index contributed by atoms with van der Waals surface area (Å²) in [5.41, 5.74) is 5.46. The lowest BCUT2D eigenvalue weighted by molar-refractivity contribution is 1.11. The maximum atomic E-state index is 5.23. The second kappa shape index (κ2) is 6.96. The van der Waals surface area contributed by atoms with Gasteiger partial charge in [-0.3, -0.25) is 4.57 Å². The van der Waals surface area contributed by atoms with E-state index >= 15 is 0 Å². The van der Waals surface area contributed by atoms with E-state index in [-0.39, 0.29) is 0 Å². The van der Waals surface area contributed by atoms with Crippen LogP contribution in [0.3, 0.4) is 0 Å². The molecule has 0 aliphatic carbocycles. The molecular formula is C29H20N2. The summed E-state index contributed by atoms with van der Waals surface area (Å²) < 4.78 is 2.30. The van der Waals surface area contributed by atoms with Crippen molar-refractivity contribution in [3.63, 3.8) is 0 Å². The van der Waals surface area contributed by atoms with E-state index in [0.717, 1.165) is 33.7 Å². The van der Waals surface area contributed by atoms with E-state index in [2.05, 4.69) is 114 Å². The number of hydrogen-bond acceptors (Lipinski definition) is 1.